The molecule has 3 aromatic rings. The number of nitrogens with zero attached hydrogens (tertiary/aromatic N) is 1. The predicted octanol–water partition coefficient (Wildman–Crippen LogP) is 2.40. The molecule has 2 aromatic carbocycles. The van der Waals surface area contributed by atoms with Crippen LogP contribution >= 0.6 is 0 Å². The molecule has 1 heterocycles. The summed E-state index contributed by atoms with van der Waals surface area (Å²) in [5.41, 5.74) is -0.154. The highest BCUT2D eigenvalue weighted by Gasteiger charge is 2.35. The van der Waals surface area contributed by atoms with Crippen molar-refractivity contribution >= 4 is 22.8 Å². The van der Waals surface area contributed by atoms with Crippen molar-refractivity contribution in [2.75, 3.05) is 6.54 Å². The quantitative estimate of drug-likeness (QED) is 0.544. The molecule has 0 saturated heterocycles. The lowest BCUT2D eigenvalue weighted by atomic mass is 9.82. The number of hydrogen-bond donors (Lipinski definition) is 3. The average Bonchev–Trinajstić information content (AvgIpc) is 2.72. The molecule has 0 radical (unpaired) electrons. The van der Waals surface area contributed by atoms with E-state index in [4.69, 9.17) is 0 Å². The smallest absolute Gasteiger partial charge is 0.315 e. The number of carbonyl (C=O) groups is 2. The van der Waals surface area contributed by atoms with E-state index in [0.717, 1.165) is 0 Å². The third kappa shape index (κ3) is 4.68. The Hall–Kier alpha value is -3.48. The first-order valence-corrected chi connectivity index (χ1v) is 9.44. The van der Waals surface area contributed by atoms with E-state index in [1.54, 1.807) is 49.4 Å². The van der Waals surface area contributed by atoms with Crippen molar-refractivity contribution < 1.29 is 14.7 Å². The number of aryl methyl sites for hydroxylation is 1. The van der Waals surface area contributed by atoms with Gasteiger partial charge in [0.15, 0.2) is 0 Å². The molecule has 3 rings (SSSR count). The Morgan fingerprint density at radius 3 is 2.52 bits per heavy atom. The van der Waals surface area contributed by atoms with Gasteiger partial charge in [-0.3, -0.25) is 14.4 Å². The van der Waals surface area contributed by atoms with Crippen LogP contribution in [0.4, 0.5) is 0 Å². The minimum Gasteiger partial charge on any atom is -0.481 e. The Kier molecular flexibility index (Phi) is 6.07. The summed E-state index contributed by atoms with van der Waals surface area (Å²) in [7, 11) is 0. The van der Waals surface area contributed by atoms with E-state index in [-0.39, 0.29) is 24.4 Å². The standard InChI is InChI=1S/C22H23N3O4/c1-22(21(28)29,15-8-3-2-4-9-15)14-23-19(26)13-7-12-18-24-17-11-6-5-10-16(17)20(27)25-18/h2-6,8-11H,7,12-14H2,1H3,(H,23,26)(H,28,29)(H,24,25,27). The number of amides is 1. The highest BCUT2D eigenvalue weighted by atomic mass is 16.4. The number of H-pyrrole nitrogens is 1. The maximum atomic E-state index is 12.2. The third-order valence-electron chi connectivity index (χ3n) is 5.00. The molecule has 1 amide bonds. The summed E-state index contributed by atoms with van der Waals surface area (Å²) in [5, 5.41) is 12.9. The summed E-state index contributed by atoms with van der Waals surface area (Å²) in [6, 6.07) is 15.9. The number of hydrogen-bond acceptors (Lipinski definition) is 4. The Balaban J connectivity index is 1.56. The van der Waals surface area contributed by atoms with Gasteiger partial charge in [-0.25, -0.2) is 4.98 Å². The first-order chi connectivity index (χ1) is 13.9. The number of rotatable bonds is 8. The normalized spacial score (nSPS) is 13.0. The van der Waals surface area contributed by atoms with Crippen LogP contribution in [-0.2, 0) is 21.4 Å². The van der Waals surface area contributed by atoms with Crippen molar-refractivity contribution in [3.8, 4) is 0 Å². The Morgan fingerprint density at radius 1 is 1.10 bits per heavy atom. The molecule has 0 aliphatic rings. The Bertz CT molecular complexity index is 1080. The van der Waals surface area contributed by atoms with Gasteiger partial charge in [0, 0.05) is 19.4 Å². The van der Waals surface area contributed by atoms with Gasteiger partial charge in [-0.2, -0.15) is 0 Å². The molecule has 0 aliphatic carbocycles. The molecule has 150 valence electrons. The predicted molar refractivity (Wildman–Crippen MR) is 110 cm³/mol. The molecule has 7 nitrogen and oxygen atoms in total. The van der Waals surface area contributed by atoms with Crippen LogP contribution in [0.2, 0.25) is 0 Å². The topological polar surface area (TPSA) is 112 Å². The van der Waals surface area contributed by atoms with Gasteiger partial charge in [0.05, 0.1) is 10.9 Å². The first-order valence-electron chi connectivity index (χ1n) is 9.44. The van der Waals surface area contributed by atoms with E-state index >= 15 is 0 Å². The molecule has 7 heteroatoms. The lowest BCUT2D eigenvalue weighted by Crippen LogP contribution is -2.44. The minimum absolute atomic E-state index is 0.00373. The molecular weight excluding hydrogens is 370 g/mol. The fourth-order valence-corrected chi connectivity index (χ4v) is 3.14. The highest BCUT2D eigenvalue weighted by molar-refractivity contribution is 5.83. The van der Waals surface area contributed by atoms with Crippen LogP contribution in [0.15, 0.2) is 59.4 Å². The zero-order valence-corrected chi connectivity index (χ0v) is 16.1. The zero-order valence-electron chi connectivity index (χ0n) is 16.1. The summed E-state index contributed by atoms with van der Waals surface area (Å²) >= 11 is 0. The van der Waals surface area contributed by atoms with Crippen LogP contribution < -0.4 is 10.9 Å². The summed E-state index contributed by atoms with van der Waals surface area (Å²) in [5.74, 6) is -0.709. The van der Waals surface area contributed by atoms with E-state index in [9.17, 15) is 19.5 Å². The molecule has 0 aliphatic heterocycles. The molecular formula is C22H23N3O4. The van der Waals surface area contributed by atoms with Crippen molar-refractivity contribution in [3.63, 3.8) is 0 Å². The lowest BCUT2D eigenvalue weighted by Gasteiger charge is -2.25. The molecule has 1 atom stereocenters. The number of aromatic nitrogens is 2. The fraction of sp³-hybridized carbons (Fsp3) is 0.273. The summed E-state index contributed by atoms with van der Waals surface area (Å²) in [6.07, 6.45) is 1.14. The van der Waals surface area contributed by atoms with E-state index in [2.05, 4.69) is 15.3 Å². The largest absolute Gasteiger partial charge is 0.481 e. The number of aromatic amines is 1. The van der Waals surface area contributed by atoms with E-state index in [1.165, 1.54) is 0 Å². The summed E-state index contributed by atoms with van der Waals surface area (Å²) in [4.78, 5) is 43.2. The van der Waals surface area contributed by atoms with Crippen LogP contribution in [0, 0.1) is 0 Å². The average molecular weight is 393 g/mol. The molecule has 0 saturated carbocycles. The van der Waals surface area contributed by atoms with Gasteiger partial charge >= 0.3 is 5.97 Å². The molecule has 0 spiro atoms. The van der Waals surface area contributed by atoms with Crippen molar-refractivity contribution in [1.29, 1.82) is 0 Å². The number of aliphatic carboxylic acids is 1. The number of carboxylic acid groups (broad SMARTS) is 1. The van der Waals surface area contributed by atoms with Gasteiger partial charge < -0.3 is 15.4 Å². The molecule has 0 fully saturated rings. The number of fused-ring (bicyclic) bond motifs is 1. The van der Waals surface area contributed by atoms with E-state index in [0.29, 0.717) is 35.1 Å². The monoisotopic (exact) mass is 393 g/mol. The Morgan fingerprint density at radius 2 is 1.79 bits per heavy atom. The van der Waals surface area contributed by atoms with Crippen LogP contribution in [0.25, 0.3) is 10.9 Å². The Labute approximate surface area is 167 Å². The second-order valence-electron chi connectivity index (χ2n) is 7.16. The fourth-order valence-electron chi connectivity index (χ4n) is 3.14. The van der Waals surface area contributed by atoms with E-state index in [1.807, 2.05) is 12.1 Å². The van der Waals surface area contributed by atoms with Gasteiger partial charge in [0.2, 0.25) is 5.91 Å². The lowest BCUT2D eigenvalue weighted by molar-refractivity contribution is -0.143. The van der Waals surface area contributed by atoms with Gasteiger partial charge in [-0.1, -0.05) is 42.5 Å². The molecule has 1 aromatic heterocycles. The van der Waals surface area contributed by atoms with Gasteiger partial charge in [0.1, 0.15) is 11.2 Å². The number of carboxylic acids is 1. The van der Waals surface area contributed by atoms with Crippen molar-refractivity contribution in [3.05, 3.63) is 76.3 Å². The van der Waals surface area contributed by atoms with Crippen LogP contribution in [0.5, 0.6) is 0 Å². The minimum atomic E-state index is -1.21. The van der Waals surface area contributed by atoms with Crippen LogP contribution in [-0.4, -0.2) is 33.5 Å². The number of carbonyl (C=O) groups excluding carboxylic acids is 1. The number of nitrogens with one attached hydrogen (secondary N) is 2. The van der Waals surface area contributed by atoms with Gasteiger partial charge in [-0.15, -0.1) is 0 Å². The zero-order chi connectivity index (χ0) is 20.9. The molecule has 3 N–H and O–H groups in total. The maximum Gasteiger partial charge on any atom is 0.315 e. The second kappa shape index (κ2) is 8.68. The van der Waals surface area contributed by atoms with Crippen LogP contribution in [0.3, 0.4) is 0 Å². The molecule has 1 unspecified atom stereocenters. The maximum absolute atomic E-state index is 12.2. The number of benzene rings is 2. The number of para-hydroxylation sites is 1. The molecule has 29 heavy (non-hydrogen) atoms. The molecule has 0 bridgehead atoms. The SMILES string of the molecule is CC(CNC(=O)CCCc1nc2ccccc2c(=O)[nH]1)(C(=O)O)c1ccccc1. The van der Waals surface area contributed by atoms with Gasteiger partial charge in [-0.05, 0) is 31.0 Å². The van der Waals surface area contributed by atoms with E-state index < -0.39 is 11.4 Å². The first kappa shape index (κ1) is 20.3. The van der Waals surface area contributed by atoms with Crippen LogP contribution in [0.1, 0.15) is 31.2 Å². The van der Waals surface area contributed by atoms with Crippen molar-refractivity contribution in [1.82, 2.24) is 15.3 Å². The summed E-state index contributed by atoms with van der Waals surface area (Å²) in [6.45, 7) is 1.59. The van der Waals surface area contributed by atoms with Crippen molar-refractivity contribution in [2.24, 2.45) is 0 Å². The summed E-state index contributed by atoms with van der Waals surface area (Å²) < 4.78 is 0. The third-order valence-corrected chi connectivity index (χ3v) is 5.00. The highest BCUT2D eigenvalue weighted by Crippen LogP contribution is 2.23. The second-order valence-corrected chi connectivity index (χ2v) is 7.16. The van der Waals surface area contributed by atoms with Crippen molar-refractivity contribution in [2.45, 2.75) is 31.6 Å². The van der Waals surface area contributed by atoms with Gasteiger partial charge in [0.25, 0.3) is 5.56 Å².